The summed E-state index contributed by atoms with van der Waals surface area (Å²) in [6, 6.07) is 2.64. The van der Waals surface area contributed by atoms with Gasteiger partial charge in [-0.05, 0) is 18.6 Å². The van der Waals surface area contributed by atoms with Crippen molar-refractivity contribution in [3.05, 3.63) is 34.6 Å². The lowest BCUT2D eigenvalue weighted by atomic mass is 10.0. The molecule has 0 atom stereocenters. The zero-order valence-electron chi connectivity index (χ0n) is 7.67. The Labute approximate surface area is 81.4 Å². The minimum atomic E-state index is -1.28. The van der Waals surface area contributed by atoms with Gasteiger partial charge in [0.15, 0.2) is 0 Å². The molecule has 1 rings (SSSR count). The second-order valence-corrected chi connectivity index (χ2v) is 2.76. The largest absolute Gasteiger partial charge is 0.478 e. The monoisotopic (exact) mass is 192 g/mol. The van der Waals surface area contributed by atoms with Crippen LogP contribution in [0.2, 0.25) is 0 Å². The van der Waals surface area contributed by atoms with Crippen molar-refractivity contribution in [2.24, 2.45) is 0 Å². The Hall–Kier alpha value is -1.82. The number of carbonyl (C=O) groups is 1. The average molecular weight is 192 g/mol. The smallest absolute Gasteiger partial charge is 0.338 e. The van der Waals surface area contributed by atoms with Crippen LogP contribution in [0.3, 0.4) is 0 Å². The molecule has 14 heavy (non-hydrogen) atoms. The first-order valence-electron chi connectivity index (χ1n) is 4.13. The minimum Gasteiger partial charge on any atom is -0.478 e. The molecule has 1 aromatic carbocycles. The SMILES string of the molecule is C#Cc1ccc(C(=O)O)c(F)c1CC. The molecule has 3 heteroatoms. The molecule has 0 aliphatic rings. The molecule has 0 amide bonds. The van der Waals surface area contributed by atoms with Crippen LogP contribution in [0.15, 0.2) is 12.1 Å². The normalized spacial score (nSPS) is 9.50. The third kappa shape index (κ3) is 1.60. The number of halogens is 1. The van der Waals surface area contributed by atoms with Crippen molar-refractivity contribution in [3.8, 4) is 12.3 Å². The number of terminal acetylenes is 1. The van der Waals surface area contributed by atoms with E-state index in [1.54, 1.807) is 6.92 Å². The second kappa shape index (κ2) is 3.93. The standard InChI is InChI=1S/C11H9FO2/c1-3-7-5-6-9(11(13)14)10(12)8(7)4-2/h1,5-6H,4H2,2H3,(H,13,14). The van der Waals surface area contributed by atoms with E-state index in [2.05, 4.69) is 5.92 Å². The molecule has 0 aromatic heterocycles. The van der Waals surface area contributed by atoms with E-state index in [1.165, 1.54) is 12.1 Å². The van der Waals surface area contributed by atoms with Crippen molar-refractivity contribution in [2.45, 2.75) is 13.3 Å². The van der Waals surface area contributed by atoms with Crippen molar-refractivity contribution in [3.63, 3.8) is 0 Å². The number of hydrogen-bond donors (Lipinski definition) is 1. The summed E-state index contributed by atoms with van der Waals surface area (Å²) in [5.74, 6) is 0.317. The number of benzene rings is 1. The Bertz CT molecular complexity index is 416. The fraction of sp³-hybridized carbons (Fsp3) is 0.182. The van der Waals surface area contributed by atoms with E-state index in [1.807, 2.05) is 0 Å². The third-order valence-corrected chi connectivity index (χ3v) is 1.98. The fourth-order valence-corrected chi connectivity index (χ4v) is 1.27. The molecule has 0 unspecified atom stereocenters. The van der Waals surface area contributed by atoms with Crippen LogP contribution in [-0.2, 0) is 6.42 Å². The topological polar surface area (TPSA) is 37.3 Å². The minimum absolute atomic E-state index is 0.285. The van der Waals surface area contributed by atoms with E-state index in [-0.39, 0.29) is 11.1 Å². The molecule has 0 heterocycles. The molecular weight excluding hydrogens is 183 g/mol. The molecule has 1 N–H and O–H groups in total. The molecule has 0 radical (unpaired) electrons. The van der Waals surface area contributed by atoms with Gasteiger partial charge in [0, 0.05) is 11.1 Å². The van der Waals surface area contributed by atoms with Crippen LogP contribution in [0.25, 0.3) is 0 Å². The maximum absolute atomic E-state index is 13.5. The molecule has 0 saturated carbocycles. The summed E-state index contributed by atoms with van der Waals surface area (Å²) in [6.07, 6.45) is 5.54. The number of aromatic carboxylic acids is 1. The van der Waals surface area contributed by atoms with E-state index in [0.29, 0.717) is 12.0 Å². The number of hydrogen-bond acceptors (Lipinski definition) is 1. The van der Waals surface area contributed by atoms with Gasteiger partial charge in [0.1, 0.15) is 5.82 Å². The molecular formula is C11H9FO2. The van der Waals surface area contributed by atoms with Gasteiger partial charge in [0.05, 0.1) is 5.56 Å². The first-order chi connectivity index (χ1) is 6.61. The van der Waals surface area contributed by atoms with E-state index >= 15 is 0 Å². The summed E-state index contributed by atoms with van der Waals surface area (Å²) in [6.45, 7) is 1.73. The molecule has 0 bridgehead atoms. The Morgan fingerprint density at radius 1 is 1.64 bits per heavy atom. The Balaban J connectivity index is 3.44. The Morgan fingerprint density at radius 3 is 2.71 bits per heavy atom. The summed E-state index contributed by atoms with van der Waals surface area (Å²) in [5.41, 5.74) is 0.364. The average Bonchev–Trinajstić information content (AvgIpc) is 2.16. The van der Waals surface area contributed by atoms with Crippen LogP contribution in [0.1, 0.15) is 28.4 Å². The van der Waals surface area contributed by atoms with Crippen molar-refractivity contribution in [1.82, 2.24) is 0 Å². The number of rotatable bonds is 2. The van der Waals surface area contributed by atoms with Crippen LogP contribution in [-0.4, -0.2) is 11.1 Å². The van der Waals surface area contributed by atoms with Crippen LogP contribution < -0.4 is 0 Å². The van der Waals surface area contributed by atoms with Crippen LogP contribution >= 0.6 is 0 Å². The third-order valence-electron chi connectivity index (χ3n) is 1.98. The van der Waals surface area contributed by atoms with Gasteiger partial charge in [0.25, 0.3) is 0 Å². The lowest BCUT2D eigenvalue weighted by molar-refractivity contribution is 0.0691. The molecule has 0 saturated heterocycles. The second-order valence-electron chi connectivity index (χ2n) is 2.76. The molecule has 1 aromatic rings. The van der Waals surface area contributed by atoms with Crippen LogP contribution in [0, 0.1) is 18.2 Å². The number of carboxylic acids is 1. The first-order valence-corrected chi connectivity index (χ1v) is 4.13. The molecule has 0 spiro atoms. The van der Waals surface area contributed by atoms with Crippen molar-refractivity contribution in [1.29, 1.82) is 0 Å². The Kier molecular flexibility index (Phi) is 2.88. The molecule has 0 fully saturated rings. The maximum Gasteiger partial charge on any atom is 0.338 e. The zero-order valence-corrected chi connectivity index (χ0v) is 7.67. The van der Waals surface area contributed by atoms with E-state index in [0.717, 1.165) is 0 Å². The lowest BCUT2D eigenvalue weighted by Gasteiger charge is -2.05. The fourth-order valence-electron chi connectivity index (χ4n) is 1.27. The molecule has 72 valence electrons. The number of carboxylic acid groups (broad SMARTS) is 1. The van der Waals surface area contributed by atoms with Gasteiger partial charge in [-0.25, -0.2) is 9.18 Å². The van der Waals surface area contributed by atoms with Gasteiger partial charge >= 0.3 is 5.97 Å². The quantitative estimate of drug-likeness (QED) is 0.728. The van der Waals surface area contributed by atoms with Gasteiger partial charge in [0.2, 0.25) is 0 Å². The van der Waals surface area contributed by atoms with Crippen LogP contribution in [0.5, 0.6) is 0 Å². The highest BCUT2D eigenvalue weighted by molar-refractivity contribution is 5.88. The molecule has 0 aliphatic heterocycles. The maximum atomic E-state index is 13.5. The summed E-state index contributed by atoms with van der Waals surface area (Å²) in [5, 5.41) is 8.66. The summed E-state index contributed by atoms with van der Waals surface area (Å²) in [7, 11) is 0. The van der Waals surface area contributed by atoms with Gasteiger partial charge in [-0.15, -0.1) is 6.42 Å². The van der Waals surface area contributed by atoms with Gasteiger partial charge in [-0.1, -0.05) is 12.8 Å². The van der Waals surface area contributed by atoms with Crippen molar-refractivity contribution in [2.75, 3.05) is 0 Å². The van der Waals surface area contributed by atoms with Gasteiger partial charge < -0.3 is 5.11 Å². The van der Waals surface area contributed by atoms with Crippen LogP contribution in [0.4, 0.5) is 4.39 Å². The highest BCUT2D eigenvalue weighted by Gasteiger charge is 2.15. The molecule has 0 aliphatic carbocycles. The van der Waals surface area contributed by atoms with E-state index in [9.17, 15) is 9.18 Å². The lowest BCUT2D eigenvalue weighted by Crippen LogP contribution is -2.05. The molecule has 2 nitrogen and oxygen atoms in total. The highest BCUT2D eigenvalue weighted by atomic mass is 19.1. The predicted molar refractivity (Wildman–Crippen MR) is 50.7 cm³/mol. The van der Waals surface area contributed by atoms with Gasteiger partial charge in [-0.3, -0.25) is 0 Å². The van der Waals surface area contributed by atoms with Gasteiger partial charge in [-0.2, -0.15) is 0 Å². The van der Waals surface area contributed by atoms with E-state index < -0.39 is 11.8 Å². The van der Waals surface area contributed by atoms with Crippen molar-refractivity contribution < 1.29 is 14.3 Å². The van der Waals surface area contributed by atoms with Crippen molar-refractivity contribution >= 4 is 5.97 Å². The van der Waals surface area contributed by atoms with E-state index in [4.69, 9.17) is 11.5 Å². The predicted octanol–water partition coefficient (Wildman–Crippen LogP) is 2.07. The summed E-state index contributed by atoms with van der Waals surface area (Å²) in [4.78, 5) is 10.6. The zero-order chi connectivity index (χ0) is 10.7. The highest BCUT2D eigenvalue weighted by Crippen LogP contribution is 2.18. The summed E-state index contributed by atoms with van der Waals surface area (Å²) < 4.78 is 13.5. The first kappa shape index (κ1) is 10.3. The Morgan fingerprint density at radius 2 is 2.29 bits per heavy atom. The summed E-state index contributed by atoms with van der Waals surface area (Å²) >= 11 is 0.